The number of thiazole rings is 1. The van der Waals surface area contributed by atoms with E-state index in [2.05, 4.69) is 20.9 Å². The summed E-state index contributed by atoms with van der Waals surface area (Å²) >= 11 is 1.38. The van der Waals surface area contributed by atoms with Crippen molar-refractivity contribution in [1.82, 2.24) is 40.8 Å². The maximum absolute atomic E-state index is 14.3. The first-order valence-electron chi connectivity index (χ1n) is 16.4. The summed E-state index contributed by atoms with van der Waals surface area (Å²) in [4.78, 5) is 71.7. The minimum Gasteiger partial charge on any atom is -0.497 e. The van der Waals surface area contributed by atoms with E-state index in [0.29, 0.717) is 35.0 Å². The zero-order chi connectivity index (χ0) is 35.4. The maximum Gasteiger partial charge on any atom is 0.330 e. The predicted molar refractivity (Wildman–Crippen MR) is 179 cm³/mol. The lowest BCUT2D eigenvalue weighted by molar-refractivity contribution is -0.145. The highest BCUT2D eigenvalue weighted by molar-refractivity contribution is 7.13. The highest BCUT2D eigenvalue weighted by Gasteiger charge is 2.61. The highest BCUT2D eigenvalue weighted by Crippen LogP contribution is 2.45. The number of aromatic nitrogens is 4. The van der Waals surface area contributed by atoms with Gasteiger partial charge in [-0.05, 0) is 49.9 Å². The Bertz CT molecular complexity index is 1780. The average molecular weight is 707 g/mol. The number of allylic oxidation sites excluding steroid dienone is 1. The van der Waals surface area contributed by atoms with Crippen LogP contribution in [0.2, 0.25) is 0 Å². The molecule has 0 radical (unpaired) electrons. The summed E-state index contributed by atoms with van der Waals surface area (Å²) in [7, 11) is 1.57. The molecule has 5 N–H and O–H groups in total. The topological polar surface area (TPSA) is 218 Å². The molecule has 1 saturated heterocycles. The third-order valence-corrected chi connectivity index (χ3v) is 10.1. The Balaban J connectivity index is 1.35. The van der Waals surface area contributed by atoms with E-state index in [4.69, 9.17) is 20.0 Å². The van der Waals surface area contributed by atoms with Crippen LogP contribution in [0, 0.1) is 5.92 Å². The fraction of sp³-hybridized carbons (Fsp3) is 0.455. The SMILES string of the molecule is COc1ccc(-c2nn([C@@H]3C[C@H]4C(=O)N[C@]5(C(=O)O)C[C@@H]5/C=C\CCCCC[C@H](NC(=O)NCC(=O)O)C(=O)N4C3)nc2-c2nccs2)cc1. The van der Waals surface area contributed by atoms with Gasteiger partial charge in [-0.3, -0.25) is 14.4 Å². The van der Waals surface area contributed by atoms with Gasteiger partial charge in [-0.15, -0.1) is 16.4 Å². The number of hydrogen-bond donors (Lipinski definition) is 5. The zero-order valence-corrected chi connectivity index (χ0v) is 28.1. The Morgan fingerprint density at radius 3 is 2.58 bits per heavy atom. The van der Waals surface area contributed by atoms with Crippen molar-refractivity contribution in [3.05, 3.63) is 48.0 Å². The van der Waals surface area contributed by atoms with Gasteiger partial charge < -0.3 is 35.8 Å². The lowest BCUT2D eigenvalue weighted by atomic mass is 10.0. The van der Waals surface area contributed by atoms with Crippen LogP contribution >= 0.6 is 11.3 Å². The summed E-state index contributed by atoms with van der Waals surface area (Å²) in [5, 5.41) is 38.8. The van der Waals surface area contributed by atoms with E-state index in [1.807, 2.05) is 29.7 Å². The third kappa shape index (κ3) is 7.31. The molecule has 2 aliphatic heterocycles. The van der Waals surface area contributed by atoms with Gasteiger partial charge in [0.25, 0.3) is 0 Å². The number of carboxylic acids is 2. The molecule has 3 aliphatic rings. The second-order valence-corrected chi connectivity index (χ2v) is 13.5. The van der Waals surface area contributed by atoms with E-state index >= 15 is 0 Å². The van der Waals surface area contributed by atoms with E-state index in [1.54, 1.807) is 25.4 Å². The van der Waals surface area contributed by atoms with Crippen molar-refractivity contribution < 1.29 is 38.9 Å². The second-order valence-electron chi connectivity index (χ2n) is 12.6. The van der Waals surface area contributed by atoms with Gasteiger partial charge in [0, 0.05) is 36.0 Å². The monoisotopic (exact) mass is 706 g/mol. The Labute approximate surface area is 290 Å². The molecular weight excluding hydrogens is 668 g/mol. The minimum absolute atomic E-state index is 0.0106. The maximum atomic E-state index is 14.3. The van der Waals surface area contributed by atoms with Crippen LogP contribution in [0.1, 0.15) is 51.0 Å². The molecule has 4 heterocycles. The molecule has 3 aromatic rings. The Hall–Kier alpha value is -5.32. The normalized spacial score (nSPS) is 26.0. The largest absolute Gasteiger partial charge is 0.497 e. The number of nitrogens with zero attached hydrogens (tertiary/aromatic N) is 5. The first kappa shape index (κ1) is 34.5. The van der Waals surface area contributed by atoms with E-state index in [1.165, 1.54) is 21.0 Å². The molecule has 4 amide bonds. The summed E-state index contributed by atoms with van der Waals surface area (Å²) in [6.45, 7) is -0.652. The van der Waals surface area contributed by atoms with Crippen LogP contribution in [0.15, 0.2) is 48.0 Å². The van der Waals surface area contributed by atoms with Crippen LogP contribution in [-0.2, 0) is 19.2 Å². The van der Waals surface area contributed by atoms with Gasteiger partial charge in [0.2, 0.25) is 11.8 Å². The molecule has 1 aromatic carbocycles. The van der Waals surface area contributed by atoms with Crippen molar-refractivity contribution >= 4 is 41.1 Å². The molecule has 50 heavy (non-hydrogen) atoms. The van der Waals surface area contributed by atoms with E-state index < -0.39 is 60.0 Å². The summed E-state index contributed by atoms with van der Waals surface area (Å²) in [5.74, 6) is -3.31. The fourth-order valence-corrected chi connectivity index (χ4v) is 7.14. The molecule has 0 bridgehead atoms. The first-order chi connectivity index (χ1) is 24.1. The number of methoxy groups -OCH3 is 1. The standard InChI is InChI=1S/C33H38N8O8S/c1-49-22-11-9-19(10-12-22)26-27(29-34-13-14-50-29)39-41(38-26)21-15-24-28(44)37-33(31(46)47)16-20(33)7-5-3-2-4-6-8-23(30(45)40(24)18-21)36-32(48)35-17-25(42)43/h5,7,9-14,20-21,23-24H,2-4,6,8,15-18H2,1H3,(H,37,44)(H,42,43)(H,46,47)(H2,35,36,48)/b7-5-/t20-,21+,23-,24-,33+/m0/s1. The molecule has 0 spiro atoms. The molecule has 1 saturated carbocycles. The Morgan fingerprint density at radius 2 is 1.88 bits per heavy atom. The molecular formula is C33H38N8O8S. The lowest BCUT2D eigenvalue weighted by Gasteiger charge is -2.29. The molecule has 1 aliphatic carbocycles. The molecule has 17 heteroatoms. The van der Waals surface area contributed by atoms with Crippen molar-refractivity contribution in [2.24, 2.45) is 5.92 Å². The number of aliphatic carboxylic acids is 2. The molecule has 2 fully saturated rings. The molecule has 6 rings (SSSR count). The van der Waals surface area contributed by atoms with Crippen LogP contribution in [0.3, 0.4) is 0 Å². The average Bonchev–Trinajstić information content (AvgIpc) is 3.56. The number of carboxylic acid groups (broad SMARTS) is 2. The number of rotatable bonds is 8. The smallest absolute Gasteiger partial charge is 0.330 e. The van der Waals surface area contributed by atoms with Gasteiger partial charge >= 0.3 is 18.0 Å². The number of carbonyl (C=O) groups excluding carboxylic acids is 3. The van der Waals surface area contributed by atoms with Gasteiger partial charge in [0.1, 0.15) is 46.3 Å². The van der Waals surface area contributed by atoms with Crippen LogP contribution in [0.5, 0.6) is 5.75 Å². The molecule has 0 unspecified atom stereocenters. The van der Waals surface area contributed by atoms with Gasteiger partial charge in [0.05, 0.1) is 13.2 Å². The number of fused-ring (bicyclic) bond motifs is 2. The van der Waals surface area contributed by atoms with Crippen LogP contribution in [0.4, 0.5) is 4.79 Å². The Morgan fingerprint density at radius 1 is 1.10 bits per heavy atom. The van der Waals surface area contributed by atoms with Crippen LogP contribution in [0.25, 0.3) is 22.0 Å². The van der Waals surface area contributed by atoms with Crippen molar-refractivity contribution in [3.63, 3.8) is 0 Å². The lowest BCUT2D eigenvalue weighted by Crippen LogP contribution is -2.57. The van der Waals surface area contributed by atoms with Gasteiger partial charge in [-0.2, -0.15) is 9.90 Å². The molecule has 5 atom stereocenters. The van der Waals surface area contributed by atoms with Gasteiger partial charge in [0.15, 0.2) is 0 Å². The predicted octanol–water partition coefficient (Wildman–Crippen LogP) is 2.45. The third-order valence-electron chi connectivity index (χ3n) is 9.30. The molecule has 16 nitrogen and oxygen atoms in total. The van der Waals surface area contributed by atoms with Crippen molar-refractivity contribution in [3.8, 4) is 27.7 Å². The summed E-state index contributed by atoms with van der Waals surface area (Å²) in [6, 6.07) is 3.67. The summed E-state index contributed by atoms with van der Waals surface area (Å²) in [6.07, 6.45) is 8.73. The second kappa shape index (κ2) is 14.7. The number of amides is 4. The molecule has 264 valence electrons. The number of urea groups is 1. The number of hydrogen-bond acceptors (Lipinski definition) is 10. The van der Waals surface area contributed by atoms with Crippen LogP contribution in [-0.4, -0.2) is 103 Å². The zero-order valence-electron chi connectivity index (χ0n) is 27.3. The number of nitrogens with one attached hydrogen (secondary N) is 3. The van der Waals surface area contributed by atoms with Crippen molar-refractivity contribution in [1.29, 1.82) is 0 Å². The number of benzene rings is 1. The first-order valence-corrected chi connectivity index (χ1v) is 17.3. The van der Waals surface area contributed by atoms with Gasteiger partial charge in [-0.25, -0.2) is 14.6 Å². The van der Waals surface area contributed by atoms with E-state index in [9.17, 15) is 29.1 Å². The highest BCUT2D eigenvalue weighted by atomic mass is 32.1. The fourth-order valence-electron chi connectivity index (χ4n) is 6.52. The number of carbonyl (C=O) groups is 5. The van der Waals surface area contributed by atoms with Gasteiger partial charge in [-0.1, -0.05) is 25.0 Å². The summed E-state index contributed by atoms with van der Waals surface area (Å²) < 4.78 is 5.31. The van der Waals surface area contributed by atoms with E-state index in [0.717, 1.165) is 18.4 Å². The van der Waals surface area contributed by atoms with Crippen molar-refractivity contribution in [2.75, 3.05) is 20.2 Å². The van der Waals surface area contributed by atoms with E-state index in [-0.39, 0.29) is 31.7 Å². The Kier molecular flexibility index (Phi) is 10.1. The van der Waals surface area contributed by atoms with Crippen LogP contribution < -0.4 is 20.7 Å². The minimum atomic E-state index is -1.49. The molecule has 2 aromatic heterocycles. The quantitative estimate of drug-likeness (QED) is 0.214. The van der Waals surface area contributed by atoms with Crippen molar-refractivity contribution in [2.45, 2.75) is 68.6 Å². The number of ether oxygens (including phenoxy) is 1. The summed E-state index contributed by atoms with van der Waals surface area (Å²) in [5.41, 5.74) is 0.308.